The van der Waals surface area contributed by atoms with E-state index in [2.05, 4.69) is 46.3 Å². The summed E-state index contributed by atoms with van der Waals surface area (Å²) in [6.45, 7) is 6.98. The van der Waals surface area contributed by atoms with E-state index in [1.807, 2.05) is 30.3 Å². The number of nitrogens with zero attached hydrogens (tertiary/aromatic N) is 2. The summed E-state index contributed by atoms with van der Waals surface area (Å²) in [5, 5.41) is 3.02. The minimum Gasteiger partial charge on any atom is -0.485 e. The highest BCUT2D eigenvalue weighted by atomic mass is 16.6. The summed E-state index contributed by atoms with van der Waals surface area (Å²) in [5.74, 6) is 1.19. The van der Waals surface area contributed by atoms with E-state index in [4.69, 9.17) is 9.47 Å². The van der Waals surface area contributed by atoms with Crippen molar-refractivity contribution >= 4 is 11.6 Å². The first-order valence-corrected chi connectivity index (χ1v) is 9.91. The van der Waals surface area contributed by atoms with Gasteiger partial charge in [-0.15, -0.1) is 0 Å². The fourth-order valence-electron chi connectivity index (χ4n) is 3.70. The van der Waals surface area contributed by atoms with Gasteiger partial charge >= 0.3 is 0 Å². The van der Waals surface area contributed by atoms with Gasteiger partial charge in [0.15, 0.2) is 11.5 Å². The molecule has 0 unspecified atom stereocenters. The van der Waals surface area contributed by atoms with E-state index in [-0.39, 0.29) is 18.6 Å². The topological polar surface area (TPSA) is 54.0 Å². The van der Waals surface area contributed by atoms with Crippen LogP contribution in [0.15, 0.2) is 54.6 Å². The number of nitrogens with one attached hydrogen (secondary N) is 1. The summed E-state index contributed by atoms with van der Waals surface area (Å²) in [6, 6.07) is 18.2. The second-order valence-electron chi connectivity index (χ2n) is 7.32. The van der Waals surface area contributed by atoms with Crippen molar-refractivity contribution < 1.29 is 14.3 Å². The van der Waals surface area contributed by atoms with Gasteiger partial charge in [-0.25, -0.2) is 0 Å². The number of carbonyl (C=O) groups excluding carboxylic acids is 1. The molecule has 0 spiro atoms. The van der Waals surface area contributed by atoms with Gasteiger partial charge in [0.2, 0.25) is 6.10 Å². The van der Waals surface area contributed by atoms with Gasteiger partial charge in [-0.1, -0.05) is 30.3 Å². The molecule has 2 atom stereocenters. The van der Waals surface area contributed by atoms with E-state index in [1.165, 1.54) is 5.69 Å². The molecule has 0 bridgehead atoms. The van der Waals surface area contributed by atoms with Crippen molar-refractivity contribution in [2.24, 2.45) is 0 Å². The van der Waals surface area contributed by atoms with Crippen LogP contribution in [-0.2, 0) is 4.79 Å². The number of fused-ring (bicyclic) bond motifs is 1. The Labute approximate surface area is 166 Å². The SMILES string of the molecule is C[C@@H](CNC(=O)[C@H]1COc2ccccc2O1)N1CCN(c2ccccc2)CC1. The summed E-state index contributed by atoms with van der Waals surface area (Å²) in [5.41, 5.74) is 1.28. The fraction of sp³-hybridized carbons (Fsp3) is 0.409. The van der Waals surface area contributed by atoms with Gasteiger partial charge in [0.1, 0.15) is 6.61 Å². The Morgan fingerprint density at radius 1 is 1.04 bits per heavy atom. The average Bonchev–Trinajstić information content (AvgIpc) is 2.77. The molecular weight excluding hydrogens is 354 g/mol. The summed E-state index contributed by atoms with van der Waals surface area (Å²) in [4.78, 5) is 17.3. The number of para-hydroxylation sites is 3. The Bertz CT molecular complexity index is 791. The quantitative estimate of drug-likeness (QED) is 0.860. The maximum atomic E-state index is 12.5. The average molecular weight is 381 g/mol. The molecule has 6 nitrogen and oxygen atoms in total. The Morgan fingerprint density at radius 2 is 1.71 bits per heavy atom. The molecule has 28 heavy (non-hydrogen) atoms. The Hall–Kier alpha value is -2.73. The van der Waals surface area contributed by atoms with Crippen LogP contribution in [0.4, 0.5) is 5.69 Å². The van der Waals surface area contributed by atoms with Crippen LogP contribution < -0.4 is 19.7 Å². The smallest absolute Gasteiger partial charge is 0.264 e. The van der Waals surface area contributed by atoms with E-state index in [0.29, 0.717) is 18.0 Å². The zero-order chi connectivity index (χ0) is 19.3. The van der Waals surface area contributed by atoms with Crippen molar-refractivity contribution in [1.82, 2.24) is 10.2 Å². The van der Waals surface area contributed by atoms with Crippen LogP contribution in [-0.4, -0.2) is 62.3 Å². The second kappa shape index (κ2) is 8.52. The van der Waals surface area contributed by atoms with Crippen molar-refractivity contribution in [3.63, 3.8) is 0 Å². The van der Waals surface area contributed by atoms with Gasteiger partial charge < -0.3 is 19.7 Å². The molecule has 1 amide bonds. The predicted molar refractivity (Wildman–Crippen MR) is 109 cm³/mol. The highest BCUT2D eigenvalue weighted by Gasteiger charge is 2.28. The number of benzene rings is 2. The van der Waals surface area contributed by atoms with Crippen LogP contribution in [0, 0.1) is 0 Å². The van der Waals surface area contributed by atoms with Gasteiger partial charge in [-0.3, -0.25) is 9.69 Å². The first kappa shape index (κ1) is 18.6. The van der Waals surface area contributed by atoms with Gasteiger partial charge in [-0.2, -0.15) is 0 Å². The Kier molecular flexibility index (Phi) is 5.67. The number of carbonyl (C=O) groups is 1. The van der Waals surface area contributed by atoms with E-state index in [1.54, 1.807) is 0 Å². The lowest BCUT2D eigenvalue weighted by Gasteiger charge is -2.39. The van der Waals surface area contributed by atoms with E-state index in [0.717, 1.165) is 26.2 Å². The molecular formula is C22H27N3O3. The van der Waals surface area contributed by atoms with Gasteiger partial charge in [-0.05, 0) is 31.2 Å². The lowest BCUT2D eigenvalue weighted by molar-refractivity contribution is -0.130. The number of piperazine rings is 1. The summed E-state index contributed by atoms with van der Waals surface area (Å²) in [7, 11) is 0. The number of anilines is 1. The van der Waals surface area contributed by atoms with Crippen LogP contribution in [0.5, 0.6) is 11.5 Å². The standard InChI is InChI=1S/C22H27N3O3/c1-17(24-11-13-25(14-12-24)18-7-3-2-4-8-18)15-23-22(26)21-16-27-19-9-5-6-10-20(19)28-21/h2-10,17,21H,11-16H2,1H3,(H,23,26)/t17-,21+/m0/s1. The molecule has 1 saturated heterocycles. The summed E-state index contributed by atoms with van der Waals surface area (Å²) < 4.78 is 11.4. The molecule has 2 aliphatic heterocycles. The van der Waals surface area contributed by atoms with Gasteiger partial charge in [0, 0.05) is 44.5 Å². The number of ether oxygens (including phenoxy) is 2. The molecule has 0 saturated carbocycles. The van der Waals surface area contributed by atoms with Gasteiger partial charge in [0.05, 0.1) is 0 Å². The molecule has 0 aromatic heterocycles. The van der Waals surface area contributed by atoms with Crippen LogP contribution in [0.1, 0.15) is 6.92 Å². The molecule has 2 aromatic carbocycles. The molecule has 2 aromatic rings. The molecule has 148 valence electrons. The minimum absolute atomic E-state index is 0.121. The third-order valence-electron chi connectivity index (χ3n) is 5.43. The third kappa shape index (κ3) is 4.22. The zero-order valence-electron chi connectivity index (χ0n) is 16.2. The van der Waals surface area contributed by atoms with Crippen LogP contribution in [0.2, 0.25) is 0 Å². The van der Waals surface area contributed by atoms with Crippen LogP contribution in [0.25, 0.3) is 0 Å². The number of hydrogen-bond acceptors (Lipinski definition) is 5. The lowest BCUT2D eigenvalue weighted by Crippen LogP contribution is -2.53. The lowest BCUT2D eigenvalue weighted by atomic mass is 10.2. The van der Waals surface area contributed by atoms with E-state index >= 15 is 0 Å². The maximum absolute atomic E-state index is 12.5. The Balaban J connectivity index is 1.23. The number of hydrogen-bond donors (Lipinski definition) is 1. The molecule has 0 aliphatic carbocycles. The second-order valence-corrected chi connectivity index (χ2v) is 7.32. The summed E-state index contributed by atoms with van der Waals surface area (Å²) >= 11 is 0. The van der Waals surface area contributed by atoms with E-state index in [9.17, 15) is 4.79 Å². The molecule has 4 rings (SSSR count). The van der Waals surface area contributed by atoms with Crippen molar-refractivity contribution in [1.29, 1.82) is 0 Å². The molecule has 1 fully saturated rings. The van der Waals surface area contributed by atoms with Crippen molar-refractivity contribution in [3.05, 3.63) is 54.6 Å². The number of rotatable bonds is 5. The molecule has 2 aliphatic rings. The summed E-state index contributed by atoms with van der Waals surface area (Å²) in [6.07, 6.45) is -0.600. The van der Waals surface area contributed by atoms with Crippen molar-refractivity contribution in [3.8, 4) is 11.5 Å². The van der Waals surface area contributed by atoms with Crippen LogP contribution in [0.3, 0.4) is 0 Å². The van der Waals surface area contributed by atoms with Crippen molar-refractivity contribution in [2.75, 3.05) is 44.2 Å². The Morgan fingerprint density at radius 3 is 2.46 bits per heavy atom. The number of amides is 1. The van der Waals surface area contributed by atoms with Gasteiger partial charge in [0.25, 0.3) is 5.91 Å². The molecule has 0 radical (unpaired) electrons. The predicted octanol–water partition coefficient (Wildman–Crippen LogP) is 2.15. The largest absolute Gasteiger partial charge is 0.485 e. The minimum atomic E-state index is -0.600. The highest BCUT2D eigenvalue weighted by molar-refractivity contribution is 5.81. The fourth-order valence-corrected chi connectivity index (χ4v) is 3.70. The first-order valence-electron chi connectivity index (χ1n) is 9.91. The first-order chi connectivity index (χ1) is 13.7. The highest BCUT2D eigenvalue weighted by Crippen LogP contribution is 2.30. The molecule has 1 N–H and O–H groups in total. The van der Waals surface area contributed by atoms with E-state index < -0.39 is 6.10 Å². The molecule has 6 heteroatoms. The normalized spacial score (nSPS) is 20.5. The zero-order valence-corrected chi connectivity index (χ0v) is 16.2. The maximum Gasteiger partial charge on any atom is 0.264 e. The van der Waals surface area contributed by atoms with Crippen LogP contribution >= 0.6 is 0 Å². The van der Waals surface area contributed by atoms with Crippen molar-refractivity contribution in [2.45, 2.75) is 19.1 Å². The third-order valence-corrected chi connectivity index (χ3v) is 5.43. The monoisotopic (exact) mass is 381 g/mol. The molecule has 2 heterocycles.